The normalized spacial score (nSPS) is 21.8. The Morgan fingerprint density at radius 3 is 2.17 bits per heavy atom. The molecule has 41 heavy (non-hydrogen) atoms. The Balaban J connectivity index is 1.09. The predicted molar refractivity (Wildman–Crippen MR) is 158 cm³/mol. The molecule has 3 aromatic rings. The Hall–Kier alpha value is -3.27. The average Bonchev–Trinajstić information content (AvgIpc) is 3.92. The van der Waals surface area contributed by atoms with E-state index < -0.39 is 10.0 Å². The quantitative estimate of drug-likeness (QED) is 0.415. The second-order valence-corrected chi connectivity index (χ2v) is 14.1. The van der Waals surface area contributed by atoms with Crippen LogP contribution >= 0.6 is 0 Å². The number of hydrogen-bond donors (Lipinski definition) is 1. The largest absolute Gasteiger partial charge is 0.322 e. The van der Waals surface area contributed by atoms with Crippen LogP contribution in [0.5, 0.6) is 0 Å². The number of fused-ring (bicyclic) bond motifs is 1. The number of pyridine rings is 1. The number of nitrogens with zero attached hydrogens (tertiary/aromatic N) is 3. The lowest BCUT2D eigenvalue weighted by molar-refractivity contribution is -0.119. The Labute approximate surface area is 241 Å². The molecule has 3 heterocycles. The van der Waals surface area contributed by atoms with E-state index in [-0.39, 0.29) is 22.3 Å². The summed E-state index contributed by atoms with van der Waals surface area (Å²) >= 11 is 0. The standard InChI is InChI=1S/C32H36N4O4S/c37-31-30-27(18-22-6-7-22)32(38)36(21-24-8-9-24)29(30)19-28(33-31)25-10-12-26(13-11-25)41(39,40)35-16-14-34(15-17-35)20-23-4-2-1-3-5-23/h1-5,10-13,19,22,24,27H,6-9,14-18,20-21H2,(H,33,37). The summed E-state index contributed by atoms with van der Waals surface area (Å²) in [5.41, 5.74) is 3.68. The Kier molecular flexibility index (Phi) is 6.84. The van der Waals surface area contributed by atoms with Crippen LogP contribution in [0.4, 0.5) is 5.69 Å². The highest BCUT2D eigenvalue weighted by atomic mass is 32.2. The number of rotatable bonds is 9. The van der Waals surface area contributed by atoms with Gasteiger partial charge in [0.15, 0.2) is 0 Å². The Morgan fingerprint density at radius 2 is 1.51 bits per heavy atom. The second-order valence-electron chi connectivity index (χ2n) is 12.1. The second kappa shape index (κ2) is 10.5. The van der Waals surface area contributed by atoms with Crippen LogP contribution in [-0.2, 0) is 21.4 Å². The number of hydrogen-bond acceptors (Lipinski definition) is 5. The molecule has 1 aromatic heterocycles. The Bertz CT molecular complexity index is 1600. The molecule has 1 atom stereocenters. The molecule has 0 bridgehead atoms. The number of nitrogens with one attached hydrogen (secondary N) is 1. The number of benzene rings is 2. The number of aromatic nitrogens is 1. The van der Waals surface area contributed by atoms with Crippen LogP contribution in [0.3, 0.4) is 0 Å². The highest BCUT2D eigenvalue weighted by Gasteiger charge is 2.44. The van der Waals surface area contributed by atoms with Crippen molar-refractivity contribution in [3.8, 4) is 11.3 Å². The van der Waals surface area contributed by atoms with Crippen molar-refractivity contribution in [3.63, 3.8) is 0 Å². The highest BCUT2D eigenvalue weighted by Crippen LogP contribution is 2.46. The van der Waals surface area contributed by atoms with Crippen molar-refractivity contribution in [3.05, 3.63) is 82.1 Å². The van der Waals surface area contributed by atoms with Gasteiger partial charge in [0, 0.05) is 39.3 Å². The predicted octanol–water partition coefficient (Wildman–Crippen LogP) is 4.19. The van der Waals surface area contributed by atoms with Crippen molar-refractivity contribution in [2.75, 3.05) is 37.6 Å². The van der Waals surface area contributed by atoms with E-state index in [0.717, 1.165) is 49.9 Å². The van der Waals surface area contributed by atoms with E-state index in [1.54, 1.807) is 28.6 Å². The van der Waals surface area contributed by atoms with Gasteiger partial charge in [-0.05, 0) is 60.4 Å². The van der Waals surface area contributed by atoms with Gasteiger partial charge < -0.3 is 9.88 Å². The van der Waals surface area contributed by atoms with E-state index in [0.29, 0.717) is 55.8 Å². The molecule has 2 aliphatic heterocycles. The third kappa shape index (κ3) is 5.38. The number of piperazine rings is 1. The van der Waals surface area contributed by atoms with Gasteiger partial charge in [-0.15, -0.1) is 0 Å². The van der Waals surface area contributed by atoms with E-state index in [1.807, 2.05) is 29.2 Å². The van der Waals surface area contributed by atoms with Gasteiger partial charge in [0.2, 0.25) is 15.9 Å². The van der Waals surface area contributed by atoms with Gasteiger partial charge in [0.1, 0.15) is 0 Å². The maximum Gasteiger partial charge on any atom is 0.254 e. The number of amides is 1. The molecular formula is C32H36N4O4S. The molecule has 0 radical (unpaired) electrons. The van der Waals surface area contributed by atoms with E-state index >= 15 is 0 Å². The van der Waals surface area contributed by atoms with Crippen molar-refractivity contribution < 1.29 is 13.2 Å². The lowest BCUT2D eigenvalue weighted by Crippen LogP contribution is -2.48. The third-order valence-corrected chi connectivity index (χ3v) is 11.0. The minimum Gasteiger partial charge on any atom is -0.322 e. The molecule has 2 aromatic carbocycles. The molecule has 1 saturated heterocycles. The lowest BCUT2D eigenvalue weighted by atomic mass is 9.95. The van der Waals surface area contributed by atoms with Gasteiger partial charge in [-0.25, -0.2) is 8.42 Å². The molecule has 7 rings (SSSR count). The van der Waals surface area contributed by atoms with Crippen molar-refractivity contribution in [2.45, 2.75) is 49.5 Å². The zero-order chi connectivity index (χ0) is 28.1. The van der Waals surface area contributed by atoms with Crippen LogP contribution < -0.4 is 10.5 Å². The van der Waals surface area contributed by atoms with Crippen molar-refractivity contribution in [1.82, 2.24) is 14.2 Å². The summed E-state index contributed by atoms with van der Waals surface area (Å²) in [5.74, 6) is 0.762. The van der Waals surface area contributed by atoms with Gasteiger partial charge in [-0.1, -0.05) is 55.3 Å². The summed E-state index contributed by atoms with van der Waals surface area (Å²) in [6.45, 7) is 3.74. The number of carbonyl (C=O) groups excluding carboxylic acids is 1. The number of sulfonamides is 1. The summed E-state index contributed by atoms with van der Waals surface area (Å²) < 4.78 is 28.4. The molecule has 1 N–H and O–H groups in total. The summed E-state index contributed by atoms with van der Waals surface area (Å²) in [6, 6.07) is 18.9. The number of H-pyrrole nitrogens is 1. The fourth-order valence-electron chi connectivity index (χ4n) is 6.28. The molecule has 9 heteroatoms. The molecule has 2 saturated carbocycles. The molecule has 1 amide bonds. The fraction of sp³-hybridized carbons (Fsp3) is 0.438. The molecule has 4 aliphatic rings. The van der Waals surface area contributed by atoms with E-state index in [4.69, 9.17) is 0 Å². The van der Waals surface area contributed by atoms with Crippen LogP contribution in [0, 0.1) is 11.8 Å². The highest BCUT2D eigenvalue weighted by molar-refractivity contribution is 7.89. The first-order valence-corrected chi connectivity index (χ1v) is 16.3. The maximum atomic E-state index is 13.4. The number of aromatic amines is 1. The first-order chi connectivity index (χ1) is 19.9. The van der Waals surface area contributed by atoms with Crippen LogP contribution in [0.15, 0.2) is 70.4 Å². The SMILES string of the molecule is O=C1C(CC2CC2)c2c(cc(-c3ccc(S(=O)(=O)N4CCN(Cc5ccccc5)CC4)cc3)[nH]c2=O)N1CC1CC1. The maximum absolute atomic E-state index is 13.4. The van der Waals surface area contributed by atoms with Crippen LogP contribution in [0.25, 0.3) is 11.3 Å². The summed E-state index contributed by atoms with van der Waals surface area (Å²) in [7, 11) is -3.63. The van der Waals surface area contributed by atoms with Crippen LogP contribution in [0.1, 0.15) is 49.1 Å². The van der Waals surface area contributed by atoms with Gasteiger partial charge in [-0.2, -0.15) is 4.31 Å². The summed E-state index contributed by atoms with van der Waals surface area (Å²) in [5, 5.41) is 0. The molecule has 1 unspecified atom stereocenters. The number of carbonyl (C=O) groups is 1. The molecule has 3 fully saturated rings. The molecule has 8 nitrogen and oxygen atoms in total. The van der Waals surface area contributed by atoms with Gasteiger partial charge in [-0.3, -0.25) is 14.5 Å². The van der Waals surface area contributed by atoms with Crippen LogP contribution in [0.2, 0.25) is 0 Å². The summed E-state index contributed by atoms with van der Waals surface area (Å²) in [4.78, 5) is 34.1. The molecule has 2 aliphatic carbocycles. The summed E-state index contributed by atoms with van der Waals surface area (Å²) in [6.07, 6.45) is 5.27. The topological polar surface area (TPSA) is 93.8 Å². The molecular weight excluding hydrogens is 536 g/mol. The van der Waals surface area contributed by atoms with E-state index in [9.17, 15) is 18.0 Å². The van der Waals surface area contributed by atoms with Gasteiger partial charge in [0.25, 0.3) is 5.56 Å². The lowest BCUT2D eigenvalue weighted by Gasteiger charge is -2.34. The van der Waals surface area contributed by atoms with Crippen molar-refractivity contribution >= 4 is 21.6 Å². The van der Waals surface area contributed by atoms with Gasteiger partial charge >= 0.3 is 0 Å². The zero-order valence-corrected chi connectivity index (χ0v) is 24.0. The van der Waals surface area contributed by atoms with Gasteiger partial charge in [0.05, 0.1) is 27.8 Å². The Morgan fingerprint density at radius 1 is 0.829 bits per heavy atom. The monoisotopic (exact) mass is 572 g/mol. The smallest absolute Gasteiger partial charge is 0.254 e. The van der Waals surface area contributed by atoms with E-state index in [1.165, 1.54) is 5.56 Å². The molecule has 214 valence electrons. The minimum absolute atomic E-state index is 0.0618. The fourth-order valence-corrected chi connectivity index (χ4v) is 7.70. The van der Waals surface area contributed by atoms with E-state index in [2.05, 4.69) is 22.0 Å². The molecule has 0 spiro atoms. The average molecular weight is 573 g/mol. The van der Waals surface area contributed by atoms with Crippen molar-refractivity contribution in [1.29, 1.82) is 0 Å². The zero-order valence-electron chi connectivity index (χ0n) is 23.2. The van der Waals surface area contributed by atoms with Crippen LogP contribution in [-0.4, -0.2) is 61.2 Å². The number of anilines is 1. The third-order valence-electron chi connectivity index (χ3n) is 9.04. The first-order valence-electron chi connectivity index (χ1n) is 14.8. The minimum atomic E-state index is -3.63. The first kappa shape index (κ1) is 26.6. The van der Waals surface area contributed by atoms with Crippen molar-refractivity contribution in [2.24, 2.45) is 11.8 Å².